The molecule has 18 heavy (non-hydrogen) atoms. The van der Waals surface area contributed by atoms with Gasteiger partial charge < -0.3 is 10.5 Å². The number of nitriles is 1. The largest absolute Gasteiger partial charge is 0.493 e. The zero-order valence-corrected chi connectivity index (χ0v) is 10.3. The number of nitro groups is 1. The van der Waals surface area contributed by atoms with E-state index in [1.54, 1.807) is 26.0 Å². The Balaban J connectivity index is 2.73. The number of benzene rings is 1. The molecular formula is C12H15N3O3. The fourth-order valence-corrected chi connectivity index (χ4v) is 1.39. The maximum Gasteiger partial charge on any atom is 0.276 e. The van der Waals surface area contributed by atoms with Crippen LogP contribution in [0, 0.1) is 28.4 Å². The topological polar surface area (TPSA) is 102 Å². The molecule has 0 spiro atoms. The van der Waals surface area contributed by atoms with Crippen molar-refractivity contribution >= 4 is 5.69 Å². The molecule has 0 heterocycles. The molecule has 0 saturated heterocycles. The van der Waals surface area contributed by atoms with Crippen LogP contribution in [0.25, 0.3) is 0 Å². The highest BCUT2D eigenvalue weighted by molar-refractivity contribution is 5.48. The van der Waals surface area contributed by atoms with Crippen molar-refractivity contribution in [3.05, 3.63) is 33.9 Å². The second kappa shape index (κ2) is 5.47. The Labute approximate surface area is 105 Å². The highest BCUT2D eigenvalue weighted by Gasteiger charge is 2.18. The maximum absolute atomic E-state index is 10.7. The molecule has 0 fully saturated rings. The molecule has 0 aliphatic carbocycles. The van der Waals surface area contributed by atoms with Crippen LogP contribution < -0.4 is 10.5 Å². The molecule has 2 N–H and O–H groups in total. The summed E-state index contributed by atoms with van der Waals surface area (Å²) >= 11 is 0. The van der Waals surface area contributed by atoms with E-state index >= 15 is 0 Å². The minimum atomic E-state index is -0.950. The molecule has 1 aromatic rings. The van der Waals surface area contributed by atoms with Crippen molar-refractivity contribution in [2.45, 2.75) is 25.8 Å². The van der Waals surface area contributed by atoms with Crippen LogP contribution in [0.3, 0.4) is 0 Å². The number of nitro benzene ring substituents is 1. The predicted octanol–water partition coefficient (Wildman–Crippen LogP) is 1.91. The second-order valence-electron chi connectivity index (χ2n) is 4.29. The zero-order valence-electron chi connectivity index (χ0n) is 10.3. The van der Waals surface area contributed by atoms with Crippen molar-refractivity contribution in [2.75, 3.05) is 6.61 Å². The standard InChI is InChI=1S/C12H15N3O3/c1-9-10(15(16)17)4-3-5-11(9)18-7-6-12(2,14)8-13/h3-5H,6-7,14H2,1-2H3. The Morgan fingerprint density at radius 1 is 1.61 bits per heavy atom. The summed E-state index contributed by atoms with van der Waals surface area (Å²) in [5.74, 6) is 0.443. The molecule has 1 atom stereocenters. The van der Waals surface area contributed by atoms with Gasteiger partial charge in [-0.3, -0.25) is 10.1 Å². The average Bonchev–Trinajstić information content (AvgIpc) is 2.31. The van der Waals surface area contributed by atoms with Crippen molar-refractivity contribution in [3.8, 4) is 11.8 Å². The van der Waals surface area contributed by atoms with Crippen LogP contribution in [0.4, 0.5) is 5.69 Å². The van der Waals surface area contributed by atoms with Crippen LogP contribution in [0.2, 0.25) is 0 Å². The van der Waals surface area contributed by atoms with Gasteiger partial charge in [-0.2, -0.15) is 5.26 Å². The smallest absolute Gasteiger partial charge is 0.276 e. The van der Waals surface area contributed by atoms with E-state index in [9.17, 15) is 10.1 Å². The number of rotatable bonds is 5. The summed E-state index contributed by atoms with van der Waals surface area (Å²) in [5, 5.41) is 19.5. The minimum Gasteiger partial charge on any atom is -0.493 e. The van der Waals surface area contributed by atoms with E-state index in [-0.39, 0.29) is 12.3 Å². The monoisotopic (exact) mass is 249 g/mol. The lowest BCUT2D eigenvalue weighted by Gasteiger charge is -2.16. The van der Waals surface area contributed by atoms with Gasteiger partial charge in [-0.05, 0) is 19.9 Å². The van der Waals surface area contributed by atoms with E-state index in [4.69, 9.17) is 15.7 Å². The molecule has 1 unspecified atom stereocenters. The molecule has 6 nitrogen and oxygen atoms in total. The summed E-state index contributed by atoms with van der Waals surface area (Å²) in [6, 6.07) is 6.60. The van der Waals surface area contributed by atoms with Crippen molar-refractivity contribution in [3.63, 3.8) is 0 Å². The van der Waals surface area contributed by atoms with Gasteiger partial charge in [-0.1, -0.05) is 6.07 Å². The molecule has 1 rings (SSSR count). The van der Waals surface area contributed by atoms with E-state index < -0.39 is 10.5 Å². The summed E-state index contributed by atoms with van der Waals surface area (Å²) < 4.78 is 5.43. The number of hydrogen-bond acceptors (Lipinski definition) is 5. The Bertz CT molecular complexity index is 492. The van der Waals surface area contributed by atoms with Crippen LogP contribution in [0.15, 0.2) is 18.2 Å². The Morgan fingerprint density at radius 3 is 2.83 bits per heavy atom. The second-order valence-corrected chi connectivity index (χ2v) is 4.29. The van der Waals surface area contributed by atoms with Crippen molar-refractivity contribution in [1.29, 1.82) is 5.26 Å². The van der Waals surface area contributed by atoms with Crippen LogP contribution in [-0.4, -0.2) is 17.1 Å². The van der Waals surface area contributed by atoms with Crippen LogP contribution >= 0.6 is 0 Å². The first-order valence-electron chi connectivity index (χ1n) is 5.44. The van der Waals surface area contributed by atoms with Gasteiger partial charge in [0, 0.05) is 12.5 Å². The fraction of sp³-hybridized carbons (Fsp3) is 0.417. The molecule has 0 aliphatic heterocycles. The molecule has 96 valence electrons. The molecule has 1 aromatic carbocycles. The summed E-state index contributed by atoms with van der Waals surface area (Å²) in [5.41, 5.74) is 5.18. The van der Waals surface area contributed by atoms with Crippen LogP contribution in [0.5, 0.6) is 5.75 Å². The molecule has 0 radical (unpaired) electrons. The fourth-order valence-electron chi connectivity index (χ4n) is 1.39. The summed E-state index contributed by atoms with van der Waals surface area (Å²) in [4.78, 5) is 10.3. The number of nitrogens with zero attached hydrogens (tertiary/aromatic N) is 2. The molecular weight excluding hydrogens is 234 g/mol. The van der Waals surface area contributed by atoms with E-state index in [1.807, 2.05) is 6.07 Å². The third-order valence-electron chi connectivity index (χ3n) is 2.59. The summed E-state index contributed by atoms with van der Waals surface area (Å²) in [6.07, 6.45) is 0.353. The molecule has 0 amide bonds. The highest BCUT2D eigenvalue weighted by Crippen LogP contribution is 2.27. The van der Waals surface area contributed by atoms with E-state index in [2.05, 4.69) is 0 Å². The van der Waals surface area contributed by atoms with Gasteiger partial charge in [-0.15, -0.1) is 0 Å². The van der Waals surface area contributed by atoms with Gasteiger partial charge in [0.05, 0.1) is 23.2 Å². The normalized spacial score (nSPS) is 13.4. The van der Waals surface area contributed by atoms with Gasteiger partial charge in [0.25, 0.3) is 5.69 Å². The summed E-state index contributed by atoms with van der Waals surface area (Å²) in [6.45, 7) is 3.47. The minimum absolute atomic E-state index is 0.0169. The predicted molar refractivity (Wildman–Crippen MR) is 66.2 cm³/mol. The van der Waals surface area contributed by atoms with Crippen molar-refractivity contribution in [1.82, 2.24) is 0 Å². The van der Waals surface area contributed by atoms with E-state index in [0.717, 1.165) is 0 Å². The Morgan fingerprint density at radius 2 is 2.28 bits per heavy atom. The molecule has 0 aliphatic rings. The SMILES string of the molecule is Cc1c(OCCC(C)(N)C#N)cccc1[N+](=O)[O-]. The maximum atomic E-state index is 10.7. The van der Waals surface area contributed by atoms with Crippen LogP contribution in [-0.2, 0) is 0 Å². The van der Waals surface area contributed by atoms with Crippen molar-refractivity contribution in [2.24, 2.45) is 5.73 Å². The van der Waals surface area contributed by atoms with E-state index in [1.165, 1.54) is 6.07 Å². The van der Waals surface area contributed by atoms with Crippen molar-refractivity contribution < 1.29 is 9.66 Å². The quantitative estimate of drug-likeness (QED) is 0.634. The first kappa shape index (κ1) is 13.9. The third-order valence-corrected chi connectivity index (χ3v) is 2.59. The van der Waals surface area contributed by atoms with Crippen LogP contribution in [0.1, 0.15) is 18.9 Å². The van der Waals surface area contributed by atoms with Gasteiger partial charge >= 0.3 is 0 Å². The Kier molecular flexibility index (Phi) is 4.23. The number of ether oxygens (including phenoxy) is 1. The highest BCUT2D eigenvalue weighted by atomic mass is 16.6. The first-order chi connectivity index (χ1) is 8.37. The lowest BCUT2D eigenvalue weighted by molar-refractivity contribution is -0.385. The third kappa shape index (κ3) is 3.43. The number of hydrogen-bond donors (Lipinski definition) is 1. The molecule has 0 saturated carbocycles. The van der Waals surface area contributed by atoms with Gasteiger partial charge in [-0.25, -0.2) is 0 Å². The van der Waals surface area contributed by atoms with Gasteiger partial charge in [0.1, 0.15) is 11.3 Å². The lowest BCUT2D eigenvalue weighted by Crippen LogP contribution is -2.35. The average molecular weight is 249 g/mol. The molecule has 6 heteroatoms. The summed E-state index contributed by atoms with van der Waals surface area (Å²) in [7, 11) is 0. The lowest BCUT2D eigenvalue weighted by atomic mass is 10.0. The van der Waals surface area contributed by atoms with Gasteiger partial charge in [0.15, 0.2) is 0 Å². The zero-order chi connectivity index (χ0) is 13.8. The van der Waals surface area contributed by atoms with E-state index in [0.29, 0.717) is 17.7 Å². The first-order valence-corrected chi connectivity index (χ1v) is 5.44. The molecule has 0 bridgehead atoms. The molecule has 0 aromatic heterocycles. The van der Waals surface area contributed by atoms with Gasteiger partial charge in [0.2, 0.25) is 0 Å². The number of nitrogens with two attached hydrogens (primary N) is 1. The Hall–Kier alpha value is -2.13.